The topological polar surface area (TPSA) is 162 Å². The number of amides is 1. The first-order valence-electron chi connectivity index (χ1n) is 8.42. The smallest absolute Gasteiger partial charge is 0.237 e. The summed E-state index contributed by atoms with van der Waals surface area (Å²) in [6.45, 7) is 3.26. The molecule has 0 saturated carbocycles. The molecule has 0 bridgehead atoms. The molecule has 1 fully saturated rings. The first-order valence-corrected chi connectivity index (χ1v) is 8.42. The van der Waals surface area contributed by atoms with Gasteiger partial charge in [-0.05, 0) is 12.0 Å². The number of hydrogen-bond acceptors (Lipinski definition) is 8. The van der Waals surface area contributed by atoms with Crippen LogP contribution < -0.4 is 16.8 Å². The molecule has 142 valence electrons. The standard InChI is InChI=1S/C16H24N6O4/c1-7(2)10(18)15(25)21-12-13(24)9(5-23)26-16(12)22-6-20-11-8(17)3-4-19-14(11)22/h3-4,6-7,9-10,12-13,16,23-24H,5,18H2,1-2H3,(H2,17,19)(H,21,25)/t9-,10?,12+,13?,16-/m1/s1. The largest absolute Gasteiger partial charge is 0.397 e. The van der Waals surface area contributed by atoms with Crippen molar-refractivity contribution in [2.45, 2.75) is 44.4 Å². The Hall–Kier alpha value is -2.27. The second-order valence-corrected chi connectivity index (χ2v) is 6.77. The minimum Gasteiger partial charge on any atom is -0.397 e. The van der Waals surface area contributed by atoms with E-state index in [-0.39, 0.29) is 5.92 Å². The third kappa shape index (κ3) is 3.12. The summed E-state index contributed by atoms with van der Waals surface area (Å²) in [6.07, 6.45) is 0.218. The van der Waals surface area contributed by atoms with Crippen molar-refractivity contribution in [3.8, 4) is 0 Å². The van der Waals surface area contributed by atoms with Gasteiger partial charge in [0.05, 0.1) is 24.7 Å². The molecule has 7 N–H and O–H groups in total. The molecule has 3 rings (SSSR count). The fraction of sp³-hybridized carbons (Fsp3) is 0.562. The molecule has 2 aromatic rings. The molecule has 10 heteroatoms. The maximum absolute atomic E-state index is 12.4. The van der Waals surface area contributed by atoms with Crippen LogP contribution in [0.15, 0.2) is 18.6 Å². The number of imidazole rings is 1. The fourth-order valence-electron chi connectivity index (χ4n) is 2.99. The number of fused-ring (bicyclic) bond motifs is 1. The molecule has 1 aliphatic heterocycles. The molecule has 2 aromatic heterocycles. The molecule has 0 spiro atoms. The Morgan fingerprint density at radius 1 is 1.46 bits per heavy atom. The van der Waals surface area contributed by atoms with Gasteiger partial charge in [-0.3, -0.25) is 9.36 Å². The van der Waals surface area contributed by atoms with Crippen LogP contribution in [0.3, 0.4) is 0 Å². The van der Waals surface area contributed by atoms with Crippen molar-refractivity contribution in [1.29, 1.82) is 0 Å². The highest BCUT2D eigenvalue weighted by Crippen LogP contribution is 2.32. The van der Waals surface area contributed by atoms with Crippen molar-refractivity contribution in [2.75, 3.05) is 12.3 Å². The molecule has 10 nitrogen and oxygen atoms in total. The summed E-state index contributed by atoms with van der Waals surface area (Å²) >= 11 is 0. The number of ether oxygens (including phenoxy) is 1. The van der Waals surface area contributed by atoms with Gasteiger partial charge in [0.15, 0.2) is 11.9 Å². The zero-order valence-electron chi connectivity index (χ0n) is 14.6. The van der Waals surface area contributed by atoms with Crippen molar-refractivity contribution >= 4 is 22.8 Å². The summed E-state index contributed by atoms with van der Waals surface area (Å²) in [4.78, 5) is 20.9. The molecule has 0 radical (unpaired) electrons. The maximum atomic E-state index is 12.4. The Labute approximate surface area is 150 Å². The van der Waals surface area contributed by atoms with Crippen molar-refractivity contribution in [1.82, 2.24) is 19.9 Å². The molecule has 2 unspecified atom stereocenters. The lowest BCUT2D eigenvalue weighted by Gasteiger charge is -2.25. The first-order chi connectivity index (χ1) is 12.3. The van der Waals surface area contributed by atoms with Crippen molar-refractivity contribution in [2.24, 2.45) is 11.7 Å². The second kappa shape index (κ2) is 7.16. The summed E-state index contributed by atoms with van der Waals surface area (Å²) in [5.41, 5.74) is 13.2. The van der Waals surface area contributed by atoms with Crippen LogP contribution in [0.1, 0.15) is 20.1 Å². The highest BCUT2D eigenvalue weighted by atomic mass is 16.5. The molecule has 1 aliphatic rings. The van der Waals surface area contributed by atoms with Gasteiger partial charge in [0, 0.05) is 6.20 Å². The molecule has 5 atom stereocenters. The van der Waals surface area contributed by atoms with E-state index in [0.717, 1.165) is 0 Å². The first kappa shape index (κ1) is 18.5. The highest BCUT2D eigenvalue weighted by molar-refractivity contribution is 5.84. The minimum atomic E-state index is -1.12. The van der Waals surface area contributed by atoms with Crippen LogP contribution in [0.4, 0.5) is 5.69 Å². The van der Waals surface area contributed by atoms with Crippen LogP contribution in [0.25, 0.3) is 11.2 Å². The Kier molecular flexibility index (Phi) is 5.10. The van der Waals surface area contributed by atoms with Crippen LogP contribution in [0, 0.1) is 5.92 Å². The second-order valence-electron chi connectivity index (χ2n) is 6.77. The zero-order chi connectivity index (χ0) is 19.0. The monoisotopic (exact) mass is 364 g/mol. The van der Waals surface area contributed by atoms with Gasteiger partial charge in [-0.15, -0.1) is 0 Å². The van der Waals surface area contributed by atoms with Gasteiger partial charge in [0.1, 0.15) is 23.8 Å². The summed E-state index contributed by atoms with van der Waals surface area (Å²) < 4.78 is 7.34. The number of anilines is 1. The van der Waals surface area contributed by atoms with Gasteiger partial charge in [0.25, 0.3) is 0 Å². The number of aromatic nitrogens is 3. The van der Waals surface area contributed by atoms with Crippen molar-refractivity contribution in [3.63, 3.8) is 0 Å². The molecular weight excluding hydrogens is 340 g/mol. The van der Waals surface area contributed by atoms with E-state index in [0.29, 0.717) is 16.9 Å². The van der Waals surface area contributed by atoms with E-state index in [1.165, 1.54) is 12.5 Å². The Morgan fingerprint density at radius 2 is 2.19 bits per heavy atom. The fourth-order valence-corrected chi connectivity index (χ4v) is 2.99. The Bertz CT molecular complexity index is 794. The average Bonchev–Trinajstić information content (AvgIpc) is 3.17. The number of aliphatic hydroxyl groups is 2. The van der Waals surface area contributed by atoms with E-state index < -0.39 is 43.0 Å². The average molecular weight is 364 g/mol. The van der Waals surface area contributed by atoms with Gasteiger partial charge < -0.3 is 31.7 Å². The van der Waals surface area contributed by atoms with Gasteiger partial charge in [-0.25, -0.2) is 9.97 Å². The van der Waals surface area contributed by atoms with E-state index >= 15 is 0 Å². The lowest BCUT2D eigenvalue weighted by Crippen LogP contribution is -2.53. The lowest BCUT2D eigenvalue weighted by molar-refractivity contribution is -0.125. The predicted octanol–water partition coefficient (Wildman–Crippen LogP) is -1.27. The summed E-state index contributed by atoms with van der Waals surface area (Å²) in [5.74, 6) is -0.481. The number of aliphatic hydroxyl groups excluding tert-OH is 2. The quantitative estimate of drug-likeness (QED) is 0.439. The predicted molar refractivity (Wildman–Crippen MR) is 93.7 cm³/mol. The van der Waals surface area contributed by atoms with Crippen LogP contribution in [0.5, 0.6) is 0 Å². The number of pyridine rings is 1. The van der Waals surface area contributed by atoms with E-state index in [9.17, 15) is 15.0 Å². The van der Waals surface area contributed by atoms with Gasteiger partial charge in [0.2, 0.25) is 5.91 Å². The lowest BCUT2D eigenvalue weighted by atomic mass is 10.0. The summed E-state index contributed by atoms with van der Waals surface area (Å²) in [6, 6.07) is 0.0657. The number of nitrogen functional groups attached to an aromatic ring is 1. The number of hydrogen-bond donors (Lipinski definition) is 5. The molecule has 0 aromatic carbocycles. The number of nitrogens with zero attached hydrogens (tertiary/aromatic N) is 3. The highest BCUT2D eigenvalue weighted by Gasteiger charge is 2.46. The number of carbonyl (C=O) groups is 1. The molecule has 0 aliphatic carbocycles. The minimum absolute atomic E-state index is 0.0721. The number of nitrogens with one attached hydrogen (secondary N) is 1. The number of nitrogens with two attached hydrogens (primary N) is 2. The summed E-state index contributed by atoms with van der Waals surface area (Å²) in [7, 11) is 0. The molecule has 1 saturated heterocycles. The maximum Gasteiger partial charge on any atom is 0.237 e. The number of rotatable bonds is 5. The van der Waals surface area contributed by atoms with Crippen molar-refractivity contribution < 1.29 is 19.7 Å². The third-order valence-electron chi connectivity index (χ3n) is 4.65. The van der Waals surface area contributed by atoms with Crippen molar-refractivity contribution in [3.05, 3.63) is 18.6 Å². The number of carbonyl (C=O) groups excluding carboxylic acids is 1. The van der Waals surface area contributed by atoms with Gasteiger partial charge in [-0.2, -0.15) is 0 Å². The van der Waals surface area contributed by atoms with Gasteiger partial charge in [-0.1, -0.05) is 13.8 Å². The van der Waals surface area contributed by atoms with Crippen LogP contribution >= 0.6 is 0 Å². The third-order valence-corrected chi connectivity index (χ3v) is 4.65. The van der Waals surface area contributed by atoms with E-state index in [4.69, 9.17) is 16.2 Å². The van der Waals surface area contributed by atoms with E-state index in [2.05, 4.69) is 15.3 Å². The van der Waals surface area contributed by atoms with Crippen LogP contribution in [-0.4, -0.2) is 61.6 Å². The Morgan fingerprint density at radius 3 is 2.85 bits per heavy atom. The molecule has 26 heavy (non-hydrogen) atoms. The van der Waals surface area contributed by atoms with Gasteiger partial charge >= 0.3 is 0 Å². The normalized spacial score (nSPS) is 27.2. The van der Waals surface area contributed by atoms with E-state index in [1.54, 1.807) is 10.6 Å². The molecular formula is C16H24N6O4. The van der Waals surface area contributed by atoms with Crippen LogP contribution in [0.2, 0.25) is 0 Å². The van der Waals surface area contributed by atoms with E-state index in [1.807, 2.05) is 13.8 Å². The van der Waals surface area contributed by atoms with Crippen LogP contribution in [-0.2, 0) is 9.53 Å². The SMILES string of the molecule is CC(C)C(N)C(=O)N[C@H]1C(O)[C@@H](CO)O[C@H]1n1cnc2c(N)ccnc21. The molecule has 3 heterocycles. The Balaban J connectivity index is 1.94. The zero-order valence-corrected chi connectivity index (χ0v) is 14.6. The molecule has 1 amide bonds. The summed E-state index contributed by atoms with van der Waals surface area (Å²) in [5, 5.41) is 22.7.